The first kappa shape index (κ1) is 13.0. The molecule has 0 aliphatic carbocycles. The normalized spacial score (nSPS) is 10.4. The number of benzene rings is 2. The van der Waals surface area contributed by atoms with Crippen LogP contribution in [0.4, 0.5) is 11.4 Å². The van der Waals surface area contributed by atoms with E-state index >= 15 is 0 Å². The number of hydrogen-bond donors (Lipinski definition) is 1. The van der Waals surface area contributed by atoms with Crippen LogP contribution in [0.15, 0.2) is 36.4 Å². The number of carbonyl (C=O) groups excluding carboxylic acids is 1. The van der Waals surface area contributed by atoms with Gasteiger partial charge in [-0.05, 0) is 23.9 Å². The Bertz CT molecular complexity index is 638. The van der Waals surface area contributed by atoms with E-state index < -0.39 is 4.92 Å². The fraction of sp³-hybridized carbons (Fsp3) is 0.214. The largest absolute Gasteiger partial charge is 0.320 e. The molecule has 2 rings (SSSR count). The van der Waals surface area contributed by atoms with Crippen molar-refractivity contribution in [2.75, 3.05) is 5.32 Å². The predicted molar refractivity (Wildman–Crippen MR) is 74.1 cm³/mol. The van der Waals surface area contributed by atoms with Gasteiger partial charge in [-0.15, -0.1) is 0 Å². The van der Waals surface area contributed by atoms with Gasteiger partial charge in [-0.1, -0.05) is 31.2 Å². The number of fused-ring (bicyclic) bond motifs is 1. The molecule has 0 radical (unpaired) electrons. The predicted octanol–water partition coefficient (Wildman–Crippen LogP) is 3.49. The molecule has 0 saturated heterocycles. The third-order valence-electron chi connectivity index (χ3n) is 2.83. The Kier molecular flexibility index (Phi) is 3.75. The molecular formula is C14H14N2O3. The smallest absolute Gasteiger partial charge is 0.300 e. The van der Waals surface area contributed by atoms with E-state index in [0.29, 0.717) is 18.2 Å². The van der Waals surface area contributed by atoms with Gasteiger partial charge in [0.1, 0.15) is 5.69 Å². The number of nitro benzene ring substituents is 1. The van der Waals surface area contributed by atoms with E-state index in [2.05, 4.69) is 5.32 Å². The van der Waals surface area contributed by atoms with Crippen molar-refractivity contribution in [2.24, 2.45) is 0 Å². The van der Waals surface area contributed by atoms with Gasteiger partial charge >= 0.3 is 0 Å². The van der Waals surface area contributed by atoms with Gasteiger partial charge in [-0.2, -0.15) is 0 Å². The molecule has 0 aliphatic rings. The number of hydrogen-bond acceptors (Lipinski definition) is 3. The van der Waals surface area contributed by atoms with Crippen LogP contribution >= 0.6 is 0 Å². The van der Waals surface area contributed by atoms with Gasteiger partial charge in [0.25, 0.3) is 5.69 Å². The minimum absolute atomic E-state index is 0.0532. The Morgan fingerprint density at radius 3 is 2.68 bits per heavy atom. The van der Waals surface area contributed by atoms with Gasteiger partial charge in [0.05, 0.1) is 10.3 Å². The van der Waals surface area contributed by atoms with Gasteiger partial charge in [-0.3, -0.25) is 14.9 Å². The summed E-state index contributed by atoms with van der Waals surface area (Å²) in [6, 6.07) is 10.4. The summed E-state index contributed by atoms with van der Waals surface area (Å²) in [6.45, 7) is 1.88. The Labute approximate surface area is 110 Å². The lowest BCUT2D eigenvalue weighted by atomic mass is 10.1. The summed E-state index contributed by atoms with van der Waals surface area (Å²) in [7, 11) is 0. The highest BCUT2D eigenvalue weighted by Gasteiger charge is 2.19. The molecule has 0 aliphatic heterocycles. The summed E-state index contributed by atoms with van der Waals surface area (Å²) in [5, 5.41) is 15.1. The third kappa shape index (κ3) is 2.70. The van der Waals surface area contributed by atoms with E-state index in [-0.39, 0.29) is 17.3 Å². The second-order valence-electron chi connectivity index (χ2n) is 4.24. The Morgan fingerprint density at radius 1 is 1.26 bits per heavy atom. The summed E-state index contributed by atoms with van der Waals surface area (Å²) < 4.78 is 0. The van der Waals surface area contributed by atoms with Crippen molar-refractivity contribution in [3.8, 4) is 0 Å². The quantitative estimate of drug-likeness (QED) is 0.674. The SMILES string of the molecule is CCCC(=O)Nc1ccc2ccccc2c1[N+](=O)[O-]. The van der Waals surface area contributed by atoms with Gasteiger partial charge in [0, 0.05) is 6.42 Å². The van der Waals surface area contributed by atoms with Crippen molar-refractivity contribution in [1.29, 1.82) is 0 Å². The van der Waals surface area contributed by atoms with Crippen molar-refractivity contribution in [3.05, 3.63) is 46.5 Å². The maximum Gasteiger partial charge on any atom is 0.300 e. The first-order valence-corrected chi connectivity index (χ1v) is 6.09. The van der Waals surface area contributed by atoms with Gasteiger partial charge < -0.3 is 5.32 Å². The molecule has 0 atom stereocenters. The van der Waals surface area contributed by atoms with Gasteiger partial charge in [0.15, 0.2) is 0 Å². The van der Waals surface area contributed by atoms with Crippen molar-refractivity contribution < 1.29 is 9.72 Å². The molecule has 2 aromatic carbocycles. The van der Waals surface area contributed by atoms with Crippen LogP contribution in [0.25, 0.3) is 10.8 Å². The number of nitrogens with zero attached hydrogens (tertiary/aromatic N) is 1. The molecule has 0 unspecified atom stereocenters. The zero-order valence-corrected chi connectivity index (χ0v) is 10.6. The fourth-order valence-corrected chi connectivity index (χ4v) is 1.99. The zero-order valence-electron chi connectivity index (χ0n) is 10.6. The highest BCUT2D eigenvalue weighted by atomic mass is 16.6. The Hall–Kier alpha value is -2.43. The van der Waals surface area contributed by atoms with E-state index in [9.17, 15) is 14.9 Å². The Balaban J connectivity index is 2.52. The standard InChI is InChI=1S/C14H14N2O3/c1-2-5-13(17)15-12-9-8-10-6-3-4-7-11(10)14(12)16(18)19/h3-4,6-9H,2,5H2,1H3,(H,15,17). The second-order valence-corrected chi connectivity index (χ2v) is 4.24. The molecule has 0 saturated carbocycles. The van der Waals surface area contributed by atoms with Crippen LogP contribution in [0.1, 0.15) is 19.8 Å². The molecular weight excluding hydrogens is 244 g/mol. The molecule has 0 bridgehead atoms. The fourth-order valence-electron chi connectivity index (χ4n) is 1.99. The van der Waals surface area contributed by atoms with Crippen LogP contribution in [0.3, 0.4) is 0 Å². The number of anilines is 1. The number of carbonyl (C=O) groups is 1. The molecule has 1 N–H and O–H groups in total. The first-order valence-electron chi connectivity index (χ1n) is 6.09. The molecule has 5 nitrogen and oxygen atoms in total. The average Bonchev–Trinajstić information content (AvgIpc) is 2.38. The van der Waals surface area contributed by atoms with E-state index in [1.807, 2.05) is 13.0 Å². The van der Waals surface area contributed by atoms with Gasteiger partial charge in [-0.25, -0.2) is 0 Å². The molecule has 1 amide bonds. The molecule has 0 fully saturated rings. The van der Waals surface area contributed by atoms with Crippen LogP contribution in [0.2, 0.25) is 0 Å². The summed E-state index contributed by atoms with van der Waals surface area (Å²) >= 11 is 0. The lowest BCUT2D eigenvalue weighted by Crippen LogP contribution is -2.12. The van der Waals surface area contributed by atoms with Crippen LogP contribution < -0.4 is 5.32 Å². The highest BCUT2D eigenvalue weighted by molar-refractivity contribution is 6.01. The molecule has 0 heterocycles. The molecule has 98 valence electrons. The molecule has 0 aromatic heterocycles. The highest BCUT2D eigenvalue weighted by Crippen LogP contribution is 2.33. The third-order valence-corrected chi connectivity index (χ3v) is 2.83. The van der Waals surface area contributed by atoms with E-state index in [1.54, 1.807) is 30.3 Å². The van der Waals surface area contributed by atoms with E-state index in [4.69, 9.17) is 0 Å². The number of amides is 1. The van der Waals surface area contributed by atoms with E-state index in [0.717, 1.165) is 5.39 Å². The van der Waals surface area contributed by atoms with Crippen molar-refractivity contribution >= 4 is 28.1 Å². The summed E-state index contributed by atoms with van der Waals surface area (Å²) in [5.41, 5.74) is 0.199. The van der Waals surface area contributed by atoms with Crippen LogP contribution in [0.5, 0.6) is 0 Å². The van der Waals surface area contributed by atoms with Crippen LogP contribution in [-0.4, -0.2) is 10.8 Å². The number of nitrogens with one attached hydrogen (secondary N) is 1. The zero-order chi connectivity index (χ0) is 13.8. The van der Waals surface area contributed by atoms with Crippen molar-refractivity contribution in [1.82, 2.24) is 0 Å². The molecule has 19 heavy (non-hydrogen) atoms. The molecule has 0 spiro atoms. The van der Waals surface area contributed by atoms with Crippen LogP contribution in [0, 0.1) is 10.1 Å². The Morgan fingerprint density at radius 2 is 2.00 bits per heavy atom. The second kappa shape index (κ2) is 5.48. The molecule has 2 aromatic rings. The number of rotatable bonds is 4. The maximum atomic E-state index is 11.6. The van der Waals surface area contributed by atoms with Crippen molar-refractivity contribution in [3.63, 3.8) is 0 Å². The summed E-state index contributed by atoms with van der Waals surface area (Å²) in [5.74, 6) is -0.208. The van der Waals surface area contributed by atoms with E-state index in [1.165, 1.54) is 0 Å². The topological polar surface area (TPSA) is 72.2 Å². The lowest BCUT2D eigenvalue weighted by molar-refractivity contribution is -0.382. The van der Waals surface area contributed by atoms with Crippen molar-refractivity contribution in [2.45, 2.75) is 19.8 Å². The maximum absolute atomic E-state index is 11.6. The van der Waals surface area contributed by atoms with Gasteiger partial charge in [0.2, 0.25) is 5.91 Å². The first-order chi connectivity index (χ1) is 9.13. The number of nitro groups is 1. The minimum Gasteiger partial charge on any atom is -0.320 e. The minimum atomic E-state index is -0.454. The monoisotopic (exact) mass is 258 g/mol. The molecule has 5 heteroatoms. The lowest BCUT2D eigenvalue weighted by Gasteiger charge is -2.07. The summed E-state index contributed by atoms with van der Waals surface area (Å²) in [4.78, 5) is 22.4. The summed E-state index contributed by atoms with van der Waals surface area (Å²) in [6.07, 6.45) is 1.05. The average molecular weight is 258 g/mol. The van der Waals surface area contributed by atoms with Crippen LogP contribution in [-0.2, 0) is 4.79 Å².